The Bertz CT molecular complexity index is 757. The number of carbonyl (C=O) groups excluding carboxylic acids is 1. The lowest BCUT2D eigenvalue weighted by atomic mass is 9.98. The van der Waals surface area contributed by atoms with Crippen molar-refractivity contribution in [2.24, 2.45) is 5.10 Å². The maximum atomic E-state index is 12.1. The van der Waals surface area contributed by atoms with E-state index in [4.69, 9.17) is 0 Å². The minimum atomic E-state index is -0.444. The number of aromatic nitrogens is 1. The van der Waals surface area contributed by atoms with Gasteiger partial charge in [-0.3, -0.25) is 4.79 Å². The molecule has 122 valence electrons. The summed E-state index contributed by atoms with van der Waals surface area (Å²) in [5, 5.41) is 14.9. The minimum absolute atomic E-state index is 0.0208. The van der Waals surface area contributed by atoms with Crippen LogP contribution < -0.4 is 5.43 Å². The van der Waals surface area contributed by atoms with Gasteiger partial charge in [0.2, 0.25) is 0 Å². The molecule has 0 radical (unpaired) electrons. The number of rotatable bonds is 3. The van der Waals surface area contributed by atoms with Gasteiger partial charge in [-0.15, -0.1) is 11.3 Å². The van der Waals surface area contributed by atoms with Crippen LogP contribution in [0, 0.1) is 6.92 Å². The molecule has 0 unspecified atom stereocenters. The summed E-state index contributed by atoms with van der Waals surface area (Å²) < 4.78 is 0. The van der Waals surface area contributed by atoms with Crippen molar-refractivity contribution < 1.29 is 9.90 Å². The Morgan fingerprint density at radius 2 is 1.96 bits per heavy atom. The van der Waals surface area contributed by atoms with Gasteiger partial charge in [0, 0.05) is 5.41 Å². The summed E-state index contributed by atoms with van der Waals surface area (Å²) in [5.41, 5.74) is 4.25. The Morgan fingerprint density at radius 1 is 1.30 bits per heavy atom. The molecule has 0 aliphatic carbocycles. The monoisotopic (exact) mass is 331 g/mol. The summed E-state index contributed by atoms with van der Waals surface area (Å²) in [6, 6.07) is 6.36. The van der Waals surface area contributed by atoms with Crippen molar-refractivity contribution in [3.63, 3.8) is 0 Å². The number of benzene rings is 1. The first-order valence-corrected chi connectivity index (χ1v) is 8.12. The Hall–Kier alpha value is -2.21. The molecule has 2 N–H and O–H groups in total. The summed E-state index contributed by atoms with van der Waals surface area (Å²) in [4.78, 5) is 17.6. The predicted molar refractivity (Wildman–Crippen MR) is 93.3 cm³/mol. The second kappa shape index (κ2) is 6.50. The average Bonchev–Trinajstić information content (AvgIpc) is 2.87. The lowest BCUT2D eigenvalue weighted by Gasteiger charge is -2.13. The molecule has 0 aliphatic heterocycles. The highest BCUT2D eigenvalue weighted by molar-refractivity contribution is 7.14. The summed E-state index contributed by atoms with van der Waals surface area (Å²) in [5.74, 6) is -0.512. The topological polar surface area (TPSA) is 74.6 Å². The molecule has 2 aromatic rings. The normalized spacial score (nSPS) is 12.3. The van der Waals surface area contributed by atoms with E-state index < -0.39 is 5.91 Å². The zero-order valence-corrected chi connectivity index (χ0v) is 14.8. The molecule has 23 heavy (non-hydrogen) atoms. The third kappa shape index (κ3) is 3.96. The smallest absolute Gasteiger partial charge is 0.275 e. The van der Waals surface area contributed by atoms with Gasteiger partial charge in [0.15, 0.2) is 0 Å². The number of hydrogen-bond donors (Lipinski definition) is 2. The molecule has 1 aromatic heterocycles. The number of aryl methyl sites for hydroxylation is 1. The molecular weight excluding hydrogens is 310 g/mol. The van der Waals surface area contributed by atoms with Gasteiger partial charge in [-0.05, 0) is 26.0 Å². The summed E-state index contributed by atoms with van der Waals surface area (Å²) in [6.07, 6.45) is 0. The number of thiazole rings is 1. The molecule has 0 saturated heterocycles. The molecule has 6 heteroatoms. The Labute approximate surface area is 140 Å². The second-order valence-corrected chi connectivity index (χ2v) is 7.34. The van der Waals surface area contributed by atoms with Crippen LogP contribution in [0.4, 0.5) is 0 Å². The molecule has 1 heterocycles. The molecule has 0 spiro atoms. The number of nitrogens with zero attached hydrogens (tertiary/aromatic N) is 2. The second-order valence-electron chi connectivity index (χ2n) is 6.34. The van der Waals surface area contributed by atoms with E-state index in [-0.39, 0.29) is 16.7 Å². The van der Waals surface area contributed by atoms with Crippen LogP contribution in [0.1, 0.15) is 53.6 Å². The standard InChI is InChI=1S/C17H21N3O2S/c1-10-14(23-16(18-10)17(3,4)5)11(2)19-20-15(22)12-8-6-7-9-13(12)21/h6-9,21H,1-5H3,(H,20,22). The van der Waals surface area contributed by atoms with E-state index in [1.54, 1.807) is 29.5 Å². The maximum Gasteiger partial charge on any atom is 0.275 e. The Morgan fingerprint density at radius 3 is 2.52 bits per heavy atom. The van der Waals surface area contributed by atoms with Gasteiger partial charge < -0.3 is 5.11 Å². The van der Waals surface area contributed by atoms with Crippen molar-refractivity contribution >= 4 is 23.0 Å². The van der Waals surface area contributed by atoms with Crippen molar-refractivity contribution in [2.75, 3.05) is 0 Å². The first kappa shape index (κ1) is 17.1. The fourth-order valence-corrected chi connectivity index (χ4v) is 3.03. The van der Waals surface area contributed by atoms with Crippen LogP contribution in [0.15, 0.2) is 29.4 Å². The lowest BCUT2D eigenvalue weighted by Crippen LogP contribution is -2.19. The van der Waals surface area contributed by atoms with Crippen LogP contribution in [0.25, 0.3) is 0 Å². The molecule has 0 aliphatic rings. The van der Waals surface area contributed by atoms with Crippen molar-refractivity contribution in [1.82, 2.24) is 10.4 Å². The number of aromatic hydroxyl groups is 1. The number of phenolic OH excluding ortho intramolecular Hbond substituents is 1. The highest BCUT2D eigenvalue weighted by Crippen LogP contribution is 2.29. The maximum absolute atomic E-state index is 12.1. The van der Waals surface area contributed by atoms with Crippen LogP contribution >= 0.6 is 11.3 Å². The summed E-state index contributed by atoms with van der Waals surface area (Å²) >= 11 is 1.58. The van der Waals surface area contributed by atoms with Gasteiger partial charge in [-0.1, -0.05) is 32.9 Å². The molecular formula is C17H21N3O2S. The van der Waals surface area contributed by atoms with E-state index in [1.165, 1.54) is 6.07 Å². The van der Waals surface area contributed by atoms with E-state index in [2.05, 4.69) is 36.3 Å². The van der Waals surface area contributed by atoms with Gasteiger partial charge in [-0.25, -0.2) is 10.4 Å². The lowest BCUT2D eigenvalue weighted by molar-refractivity contribution is 0.0952. The Balaban J connectivity index is 2.19. The average molecular weight is 331 g/mol. The van der Waals surface area contributed by atoms with Gasteiger partial charge in [-0.2, -0.15) is 5.10 Å². The third-order valence-corrected chi connectivity index (χ3v) is 4.93. The zero-order valence-electron chi connectivity index (χ0n) is 14.0. The molecule has 1 aromatic carbocycles. The summed E-state index contributed by atoms with van der Waals surface area (Å²) in [7, 11) is 0. The van der Waals surface area contributed by atoms with Gasteiger partial charge in [0.25, 0.3) is 5.91 Å². The van der Waals surface area contributed by atoms with E-state index in [9.17, 15) is 9.90 Å². The van der Waals surface area contributed by atoms with Gasteiger partial charge in [0.05, 0.1) is 26.9 Å². The number of hydrazone groups is 1. The van der Waals surface area contributed by atoms with Crippen LogP contribution in [0.5, 0.6) is 5.75 Å². The fraction of sp³-hybridized carbons (Fsp3) is 0.353. The largest absolute Gasteiger partial charge is 0.507 e. The highest BCUT2D eigenvalue weighted by Gasteiger charge is 2.21. The molecule has 0 saturated carbocycles. The first-order chi connectivity index (χ1) is 10.7. The van der Waals surface area contributed by atoms with Crippen molar-refractivity contribution in [1.29, 1.82) is 0 Å². The van der Waals surface area contributed by atoms with Crippen LogP contribution in [0.3, 0.4) is 0 Å². The van der Waals surface area contributed by atoms with Crippen molar-refractivity contribution in [2.45, 2.75) is 40.0 Å². The molecule has 5 nitrogen and oxygen atoms in total. The highest BCUT2D eigenvalue weighted by atomic mass is 32.1. The first-order valence-electron chi connectivity index (χ1n) is 7.31. The number of hydrogen-bond acceptors (Lipinski definition) is 5. The number of phenols is 1. The fourth-order valence-electron chi connectivity index (χ4n) is 1.96. The number of para-hydroxylation sites is 1. The van der Waals surface area contributed by atoms with E-state index in [1.807, 2.05) is 13.8 Å². The van der Waals surface area contributed by atoms with Crippen LogP contribution in [0.2, 0.25) is 0 Å². The molecule has 1 amide bonds. The van der Waals surface area contributed by atoms with Crippen LogP contribution in [-0.4, -0.2) is 21.7 Å². The molecule has 2 rings (SSSR count). The number of nitrogens with one attached hydrogen (secondary N) is 1. The van der Waals surface area contributed by atoms with E-state index >= 15 is 0 Å². The summed E-state index contributed by atoms with van der Waals surface area (Å²) in [6.45, 7) is 10.1. The predicted octanol–water partition coefficient (Wildman–Crippen LogP) is 3.61. The quantitative estimate of drug-likeness (QED) is 0.666. The minimum Gasteiger partial charge on any atom is -0.507 e. The Kier molecular flexibility index (Phi) is 4.85. The zero-order chi connectivity index (χ0) is 17.2. The van der Waals surface area contributed by atoms with Crippen molar-refractivity contribution in [3.05, 3.63) is 45.4 Å². The van der Waals surface area contributed by atoms with Crippen molar-refractivity contribution in [3.8, 4) is 5.75 Å². The SMILES string of the molecule is CC(=NNC(=O)c1ccccc1O)c1sc(C(C)(C)C)nc1C. The number of amides is 1. The van der Waals surface area contributed by atoms with E-state index in [0.29, 0.717) is 5.71 Å². The molecule has 0 fully saturated rings. The molecule has 0 atom stereocenters. The van der Waals surface area contributed by atoms with Crippen LogP contribution in [-0.2, 0) is 5.41 Å². The van der Waals surface area contributed by atoms with E-state index in [0.717, 1.165) is 15.6 Å². The molecule has 0 bridgehead atoms. The van der Waals surface area contributed by atoms with Gasteiger partial charge >= 0.3 is 0 Å². The van der Waals surface area contributed by atoms with Gasteiger partial charge in [0.1, 0.15) is 5.75 Å². The number of carbonyl (C=O) groups is 1. The third-order valence-electron chi connectivity index (χ3n) is 3.24.